The molecule has 0 bridgehead atoms. The molecular weight excluding hydrogens is 507 g/mol. The van der Waals surface area contributed by atoms with Gasteiger partial charge in [0.25, 0.3) is 0 Å². The number of methoxy groups -OCH3 is 1. The van der Waals surface area contributed by atoms with Crippen molar-refractivity contribution in [2.45, 2.75) is 45.4 Å². The number of guanidine groups is 1. The molecule has 1 aliphatic rings. The summed E-state index contributed by atoms with van der Waals surface area (Å²) in [7, 11) is 1.65. The predicted octanol–water partition coefficient (Wildman–Crippen LogP) is 4.08. The van der Waals surface area contributed by atoms with Gasteiger partial charge >= 0.3 is 0 Å². The van der Waals surface area contributed by atoms with Crippen molar-refractivity contribution in [2.75, 3.05) is 26.9 Å². The Labute approximate surface area is 202 Å². The Bertz CT molecular complexity index is 860. The van der Waals surface area contributed by atoms with E-state index in [1.165, 1.54) is 0 Å². The number of pyridine rings is 1. The molecule has 8 heteroatoms. The molecule has 31 heavy (non-hydrogen) atoms. The zero-order chi connectivity index (χ0) is 21.4. The summed E-state index contributed by atoms with van der Waals surface area (Å²) in [5.41, 5.74) is 1.82. The molecule has 0 saturated carbocycles. The van der Waals surface area contributed by atoms with Gasteiger partial charge in [-0.3, -0.25) is 0 Å². The van der Waals surface area contributed by atoms with Crippen LogP contribution in [0, 0.1) is 0 Å². The smallest absolute Gasteiger partial charge is 0.218 e. The van der Waals surface area contributed by atoms with E-state index < -0.39 is 0 Å². The van der Waals surface area contributed by atoms with Crippen LogP contribution in [0.5, 0.6) is 11.6 Å². The molecule has 1 aliphatic heterocycles. The van der Waals surface area contributed by atoms with E-state index in [1.807, 2.05) is 30.3 Å². The summed E-state index contributed by atoms with van der Waals surface area (Å²) in [5, 5.41) is 6.94. The Morgan fingerprint density at radius 2 is 2.03 bits per heavy atom. The highest BCUT2D eigenvalue weighted by Crippen LogP contribution is 2.39. The molecule has 1 unspecified atom stereocenters. The van der Waals surface area contributed by atoms with Gasteiger partial charge in [-0.25, -0.2) is 9.98 Å². The van der Waals surface area contributed by atoms with E-state index >= 15 is 0 Å². The lowest BCUT2D eigenvalue weighted by Gasteiger charge is -2.38. The van der Waals surface area contributed by atoms with Crippen LogP contribution >= 0.6 is 24.0 Å². The maximum atomic E-state index is 6.15. The minimum absolute atomic E-state index is 0. The zero-order valence-electron chi connectivity index (χ0n) is 18.7. The monoisotopic (exact) mass is 540 g/mol. The molecule has 2 heterocycles. The Morgan fingerprint density at radius 3 is 2.81 bits per heavy atom. The van der Waals surface area contributed by atoms with Crippen LogP contribution in [-0.4, -0.2) is 43.4 Å². The molecule has 2 N–H and O–H groups in total. The molecule has 0 spiro atoms. The number of aromatic nitrogens is 1. The van der Waals surface area contributed by atoms with Crippen LogP contribution < -0.4 is 20.1 Å². The number of hydrogen-bond donors (Lipinski definition) is 2. The first-order valence-corrected chi connectivity index (χ1v) is 10.4. The molecule has 0 fully saturated rings. The van der Waals surface area contributed by atoms with Gasteiger partial charge in [-0.15, -0.1) is 24.0 Å². The average molecular weight is 540 g/mol. The predicted molar refractivity (Wildman–Crippen MR) is 133 cm³/mol. The van der Waals surface area contributed by atoms with Gasteiger partial charge in [-0.1, -0.05) is 24.3 Å². The van der Waals surface area contributed by atoms with E-state index in [9.17, 15) is 0 Å². The number of benzene rings is 1. The Balaban J connectivity index is 0.00000341. The van der Waals surface area contributed by atoms with Gasteiger partial charge in [0.1, 0.15) is 18.0 Å². The van der Waals surface area contributed by atoms with Gasteiger partial charge in [0.2, 0.25) is 5.88 Å². The maximum absolute atomic E-state index is 6.15. The van der Waals surface area contributed by atoms with E-state index in [4.69, 9.17) is 19.2 Å². The minimum Gasteiger partial charge on any atom is -0.487 e. The Kier molecular flexibility index (Phi) is 9.83. The number of nitrogens with one attached hydrogen (secondary N) is 2. The quantitative estimate of drug-likeness (QED) is 0.228. The van der Waals surface area contributed by atoms with Gasteiger partial charge < -0.3 is 24.8 Å². The molecular formula is C23H33IN4O3. The lowest BCUT2D eigenvalue weighted by atomic mass is 9.90. The summed E-state index contributed by atoms with van der Waals surface area (Å²) >= 11 is 0. The van der Waals surface area contributed by atoms with E-state index in [1.54, 1.807) is 13.3 Å². The van der Waals surface area contributed by atoms with Crippen molar-refractivity contribution in [3.05, 3.63) is 53.7 Å². The highest BCUT2D eigenvalue weighted by atomic mass is 127. The van der Waals surface area contributed by atoms with E-state index in [0.717, 1.165) is 35.8 Å². The summed E-state index contributed by atoms with van der Waals surface area (Å²) < 4.78 is 16.9. The molecule has 0 amide bonds. The van der Waals surface area contributed by atoms with Crippen molar-refractivity contribution in [1.29, 1.82) is 0 Å². The average Bonchev–Trinajstić information content (AvgIpc) is 2.72. The number of hydrogen-bond acceptors (Lipinski definition) is 5. The molecule has 2 aromatic rings. The third kappa shape index (κ3) is 7.24. The van der Waals surface area contributed by atoms with Crippen LogP contribution in [0.4, 0.5) is 0 Å². The van der Waals surface area contributed by atoms with Crippen molar-refractivity contribution in [2.24, 2.45) is 4.99 Å². The molecule has 1 aromatic heterocycles. The molecule has 0 aliphatic carbocycles. The lowest BCUT2D eigenvalue weighted by Crippen LogP contribution is -2.45. The van der Waals surface area contributed by atoms with Gasteiger partial charge in [-0.2, -0.15) is 0 Å². The number of halogens is 1. The lowest BCUT2D eigenvalue weighted by molar-refractivity contribution is 0.0694. The van der Waals surface area contributed by atoms with Gasteiger partial charge in [0.15, 0.2) is 5.96 Å². The van der Waals surface area contributed by atoms with Crippen LogP contribution in [0.25, 0.3) is 0 Å². The van der Waals surface area contributed by atoms with Crippen LogP contribution in [0.2, 0.25) is 0 Å². The molecule has 3 rings (SSSR count). The van der Waals surface area contributed by atoms with Crippen molar-refractivity contribution >= 4 is 29.9 Å². The standard InChI is InChI=1S/C23H32N4O3.HI/c1-5-24-22(26-16-17-9-8-12-25-21(17)29-14-13-28-4)27-19-15-23(2,3)30-20-11-7-6-10-18(19)20;/h6-12,19H,5,13-16H2,1-4H3,(H2,24,26,27);1H. The summed E-state index contributed by atoms with van der Waals surface area (Å²) in [6.07, 6.45) is 2.56. The van der Waals surface area contributed by atoms with Crippen LogP contribution in [0.3, 0.4) is 0 Å². The second kappa shape index (κ2) is 12.1. The van der Waals surface area contributed by atoms with Crippen molar-refractivity contribution < 1.29 is 14.2 Å². The van der Waals surface area contributed by atoms with Gasteiger partial charge in [0, 0.05) is 37.4 Å². The molecule has 7 nitrogen and oxygen atoms in total. The molecule has 0 saturated heterocycles. The summed E-state index contributed by atoms with van der Waals surface area (Å²) in [4.78, 5) is 9.12. The number of fused-ring (bicyclic) bond motifs is 1. The second-order valence-electron chi connectivity index (χ2n) is 7.80. The van der Waals surface area contributed by atoms with E-state index in [2.05, 4.69) is 42.5 Å². The Morgan fingerprint density at radius 1 is 1.23 bits per heavy atom. The molecule has 1 aromatic carbocycles. The second-order valence-corrected chi connectivity index (χ2v) is 7.80. The fourth-order valence-corrected chi connectivity index (χ4v) is 3.48. The summed E-state index contributed by atoms with van der Waals surface area (Å²) in [6.45, 7) is 8.48. The van der Waals surface area contributed by atoms with Gasteiger partial charge in [0.05, 0.1) is 19.2 Å². The van der Waals surface area contributed by atoms with Crippen molar-refractivity contribution in [3.8, 4) is 11.6 Å². The van der Waals surface area contributed by atoms with E-state index in [0.29, 0.717) is 25.6 Å². The number of ether oxygens (including phenoxy) is 3. The van der Waals surface area contributed by atoms with Crippen molar-refractivity contribution in [1.82, 2.24) is 15.6 Å². The highest BCUT2D eigenvalue weighted by molar-refractivity contribution is 14.0. The third-order valence-corrected chi connectivity index (χ3v) is 4.82. The Hall–Kier alpha value is -2.07. The summed E-state index contributed by atoms with van der Waals surface area (Å²) in [6, 6.07) is 12.2. The van der Waals surface area contributed by atoms with Gasteiger partial charge in [-0.05, 0) is 32.9 Å². The summed E-state index contributed by atoms with van der Waals surface area (Å²) in [5.74, 6) is 2.26. The van der Waals surface area contributed by atoms with Crippen molar-refractivity contribution in [3.63, 3.8) is 0 Å². The normalized spacial score (nSPS) is 17.0. The first-order chi connectivity index (χ1) is 14.5. The maximum Gasteiger partial charge on any atom is 0.218 e. The van der Waals surface area contributed by atoms with E-state index in [-0.39, 0.29) is 35.6 Å². The number of nitrogens with zero attached hydrogens (tertiary/aromatic N) is 2. The SMILES string of the molecule is CCNC(=NCc1cccnc1OCCOC)NC1CC(C)(C)Oc2ccccc21.I. The fraction of sp³-hybridized carbons (Fsp3) is 0.478. The molecule has 170 valence electrons. The van der Waals surface area contributed by atoms with Crippen LogP contribution in [0.15, 0.2) is 47.6 Å². The first kappa shape index (κ1) is 25.2. The zero-order valence-corrected chi connectivity index (χ0v) is 21.0. The third-order valence-electron chi connectivity index (χ3n) is 4.82. The molecule has 1 atom stereocenters. The number of aliphatic imine (C=N–C) groups is 1. The number of para-hydroxylation sites is 1. The highest BCUT2D eigenvalue weighted by Gasteiger charge is 2.33. The fourth-order valence-electron chi connectivity index (χ4n) is 3.48. The van der Waals surface area contributed by atoms with Crippen LogP contribution in [-0.2, 0) is 11.3 Å². The topological polar surface area (TPSA) is 77.0 Å². The minimum atomic E-state index is -0.255. The largest absolute Gasteiger partial charge is 0.487 e. The van der Waals surface area contributed by atoms with Crippen LogP contribution in [0.1, 0.15) is 44.4 Å². The molecule has 0 radical (unpaired) electrons. The first-order valence-electron chi connectivity index (χ1n) is 10.4. The number of rotatable bonds is 8.